The maximum Gasteiger partial charge on any atom is 0.275 e. The Morgan fingerprint density at radius 1 is 1.36 bits per heavy atom. The highest BCUT2D eigenvalue weighted by Gasteiger charge is 2.22. The molecule has 3 heterocycles. The summed E-state index contributed by atoms with van der Waals surface area (Å²) in [6.45, 7) is 0.543. The molecule has 0 spiro atoms. The molecule has 1 N–H and O–H groups in total. The predicted octanol–water partition coefficient (Wildman–Crippen LogP) is 1.74. The zero-order valence-corrected chi connectivity index (χ0v) is 14.0. The Morgan fingerprint density at radius 2 is 2.24 bits per heavy atom. The van der Waals surface area contributed by atoms with E-state index < -0.39 is 0 Å². The lowest BCUT2D eigenvalue weighted by Gasteiger charge is -2.05. The third-order valence-corrected chi connectivity index (χ3v) is 4.88. The fourth-order valence-electron chi connectivity index (χ4n) is 2.72. The summed E-state index contributed by atoms with van der Waals surface area (Å²) in [6.07, 6.45) is 3.46. The van der Waals surface area contributed by atoms with Gasteiger partial charge in [-0.15, -0.1) is 10.2 Å². The fraction of sp³-hybridized carbons (Fsp3) is 0.312. The molecule has 0 aliphatic carbocycles. The number of carbonyl (C=O) groups is 1. The maximum absolute atomic E-state index is 12.4. The minimum atomic E-state index is -0.375. The van der Waals surface area contributed by atoms with Crippen LogP contribution in [0.1, 0.15) is 24.0 Å². The molecule has 0 radical (unpaired) electrons. The second-order valence-corrected chi connectivity index (χ2v) is 6.70. The SMILES string of the molecule is O=C(Cn1ncc2ccccc2c1=O)Nc1nnc(C2CCCO2)s1. The van der Waals surface area contributed by atoms with Gasteiger partial charge < -0.3 is 4.74 Å². The van der Waals surface area contributed by atoms with E-state index in [1.54, 1.807) is 18.3 Å². The van der Waals surface area contributed by atoms with E-state index >= 15 is 0 Å². The molecule has 1 aromatic carbocycles. The second kappa shape index (κ2) is 6.69. The summed E-state index contributed by atoms with van der Waals surface area (Å²) < 4.78 is 6.69. The number of ether oxygens (including phenoxy) is 1. The standard InChI is InChI=1S/C16H15N5O3S/c22-13(18-16-20-19-14(25-16)12-6-3-7-24-12)9-21-15(23)11-5-2-1-4-10(11)8-17-21/h1-2,4-5,8,12H,3,6-7,9H2,(H,18,20,22). The summed E-state index contributed by atoms with van der Waals surface area (Å²) >= 11 is 1.29. The van der Waals surface area contributed by atoms with Crippen LogP contribution in [0.5, 0.6) is 0 Å². The number of carbonyl (C=O) groups excluding carboxylic acids is 1. The van der Waals surface area contributed by atoms with Crippen molar-refractivity contribution < 1.29 is 9.53 Å². The molecule has 4 rings (SSSR count). The summed E-state index contributed by atoms with van der Waals surface area (Å²) in [6, 6.07) is 7.14. The molecular weight excluding hydrogens is 342 g/mol. The Kier molecular flexibility index (Phi) is 4.24. The molecule has 9 heteroatoms. The van der Waals surface area contributed by atoms with Crippen LogP contribution in [0.15, 0.2) is 35.3 Å². The largest absolute Gasteiger partial charge is 0.371 e. The summed E-state index contributed by atoms with van der Waals surface area (Å²) in [4.78, 5) is 24.6. The number of benzene rings is 1. The number of nitrogens with one attached hydrogen (secondary N) is 1. The van der Waals surface area contributed by atoms with Gasteiger partial charge in [0.1, 0.15) is 17.7 Å². The minimum absolute atomic E-state index is 0.0343. The second-order valence-electron chi connectivity index (χ2n) is 5.69. The van der Waals surface area contributed by atoms with Gasteiger partial charge in [0, 0.05) is 12.0 Å². The van der Waals surface area contributed by atoms with Crippen LogP contribution in [0.25, 0.3) is 10.8 Å². The number of rotatable bonds is 4. The fourth-order valence-corrected chi connectivity index (χ4v) is 3.57. The molecular formula is C16H15N5O3S. The van der Waals surface area contributed by atoms with Gasteiger partial charge in [0.2, 0.25) is 11.0 Å². The normalized spacial score (nSPS) is 17.0. The van der Waals surface area contributed by atoms with Crippen LogP contribution in [0.4, 0.5) is 5.13 Å². The first kappa shape index (κ1) is 15.9. The Labute approximate surface area is 146 Å². The highest BCUT2D eigenvalue weighted by atomic mass is 32.1. The van der Waals surface area contributed by atoms with Crippen molar-refractivity contribution >= 4 is 33.1 Å². The zero-order chi connectivity index (χ0) is 17.2. The summed E-state index contributed by atoms with van der Waals surface area (Å²) in [5, 5.41) is 17.2. The first-order valence-corrected chi connectivity index (χ1v) is 8.72. The van der Waals surface area contributed by atoms with Gasteiger partial charge in [-0.05, 0) is 18.9 Å². The lowest BCUT2D eigenvalue weighted by molar-refractivity contribution is -0.117. The van der Waals surface area contributed by atoms with Crippen molar-refractivity contribution in [3.8, 4) is 0 Å². The quantitative estimate of drug-likeness (QED) is 0.763. The van der Waals surface area contributed by atoms with E-state index in [1.807, 2.05) is 12.1 Å². The lowest BCUT2D eigenvalue weighted by atomic mass is 10.2. The minimum Gasteiger partial charge on any atom is -0.371 e. The Balaban J connectivity index is 1.47. The van der Waals surface area contributed by atoms with Gasteiger partial charge in [-0.25, -0.2) is 4.68 Å². The maximum atomic E-state index is 12.4. The van der Waals surface area contributed by atoms with E-state index in [-0.39, 0.29) is 24.1 Å². The molecule has 128 valence electrons. The zero-order valence-electron chi connectivity index (χ0n) is 13.2. The van der Waals surface area contributed by atoms with Gasteiger partial charge in [-0.2, -0.15) is 5.10 Å². The van der Waals surface area contributed by atoms with Gasteiger partial charge >= 0.3 is 0 Å². The molecule has 1 fully saturated rings. The van der Waals surface area contributed by atoms with Gasteiger partial charge in [0.25, 0.3) is 5.56 Å². The predicted molar refractivity (Wildman–Crippen MR) is 92.5 cm³/mol. The van der Waals surface area contributed by atoms with Crippen molar-refractivity contribution in [1.82, 2.24) is 20.0 Å². The highest BCUT2D eigenvalue weighted by molar-refractivity contribution is 7.15. The molecule has 3 aromatic rings. The molecule has 0 saturated carbocycles. The van der Waals surface area contributed by atoms with E-state index in [9.17, 15) is 9.59 Å². The van der Waals surface area contributed by atoms with Gasteiger partial charge in [-0.3, -0.25) is 14.9 Å². The van der Waals surface area contributed by atoms with Crippen molar-refractivity contribution in [2.45, 2.75) is 25.5 Å². The number of hydrogen-bond donors (Lipinski definition) is 1. The third kappa shape index (κ3) is 3.28. The number of anilines is 1. The topological polar surface area (TPSA) is 99.0 Å². The summed E-state index contributed by atoms with van der Waals surface area (Å²) in [5.41, 5.74) is -0.300. The van der Waals surface area contributed by atoms with Crippen LogP contribution in [0, 0.1) is 0 Å². The molecule has 0 bridgehead atoms. The number of amides is 1. The smallest absolute Gasteiger partial charge is 0.275 e. The van der Waals surface area contributed by atoms with Crippen LogP contribution in [0.3, 0.4) is 0 Å². The van der Waals surface area contributed by atoms with E-state index in [1.165, 1.54) is 11.3 Å². The van der Waals surface area contributed by atoms with Gasteiger partial charge in [0.05, 0.1) is 11.6 Å². The number of nitrogens with zero attached hydrogens (tertiary/aromatic N) is 4. The van der Waals surface area contributed by atoms with Gasteiger partial charge in [-0.1, -0.05) is 29.5 Å². The van der Waals surface area contributed by atoms with Crippen molar-refractivity contribution in [2.24, 2.45) is 0 Å². The average molecular weight is 357 g/mol. The molecule has 25 heavy (non-hydrogen) atoms. The van der Waals surface area contributed by atoms with Crippen LogP contribution >= 0.6 is 11.3 Å². The molecule has 1 atom stereocenters. The summed E-state index contributed by atoms with van der Waals surface area (Å²) in [5.74, 6) is -0.375. The first-order valence-electron chi connectivity index (χ1n) is 7.90. The van der Waals surface area contributed by atoms with Crippen LogP contribution in [0.2, 0.25) is 0 Å². The molecule has 1 aliphatic rings. The first-order chi connectivity index (χ1) is 12.2. The third-order valence-electron chi connectivity index (χ3n) is 3.95. The monoisotopic (exact) mass is 357 g/mol. The molecule has 1 unspecified atom stereocenters. The van der Waals surface area contributed by atoms with Crippen LogP contribution in [-0.4, -0.2) is 32.5 Å². The van der Waals surface area contributed by atoms with Crippen molar-refractivity contribution in [3.05, 3.63) is 45.8 Å². The number of aromatic nitrogens is 4. The molecule has 8 nitrogen and oxygen atoms in total. The Bertz CT molecular complexity index is 977. The molecule has 1 amide bonds. The van der Waals surface area contributed by atoms with Crippen molar-refractivity contribution in [3.63, 3.8) is 0 Å². The van der Waals surface area contributed by atoms with Crippen LogP contribution < -0.4 is 10.9 Å². The van der Waals surface area contributed by atoms with E-state index in [2.05, 4.69) is 20.6 Å². The van der Waals surface area contributed by atoms with Crippen molar-refractivity contribution in [1.29, 1.82) is 0 Å². The van der Waals surface area contributed by atoms with E-state index in [4.69, 9.17) is 4.74 Å². The average Bonchev–Trinajstić information content (AvgIpc) is 3.29. The highest BCUT2D eigenvalue weighted by Crippen LogP contribution is 2.31. The number of fused-ring (bicyclic) bond motifs is 1. The molecule has 2 aromatic heterocycles. The van der Waals surface area contributed by atoms with E-state index in [0.29, 0.717) is 10.5 Å². The van der Waals surface area contributed by atoms with Crippen LogP contribution in [-0.2, 0) is 16.1 Å². The molecule has 1 aliphatic heterocycles. The summed E-state index contributed by atoms with van der Waals surface area (Å²) in [7, 11) is 0. The van der Waals surface area contributed by atoms with Crippen molar-refractivity contribution in [2.75, 3.05) is 11.9 Å². The Hall–Kier alpha value is -2.65. The van der Waals surface area contributed by atoms with Gasteiger partial charge in [0.15, 0.2) is 0 Å². The lowest BCUT2D eigenvalue weighted by Crippen LogP contribution is -2.29. The Morgan fingerprint density at radius 3 is 3.08 bits per heavy atom. The molecule has 1 saturated heterocycles. The number of hydrogen-bond acceptors (Lipinski definition) is 7. The van der Waals surface area contributed by atoms with E-state index in [0.717, 1.165) is 34.5 Å².